The van der Waals surface area contributed by atoms with E-state index in [2.05, 4.69) is 5.32 Å². The van der Waals surface area contributed by atoms with Crippen LogP contribution < -0.4 is 14.8 Å². The first-order chi connectivity index (χ1) is 10.6. The lowest BCUT2D eigenvalue weighted by molar-refractivity contribution is -0.119. The Morgan fingerprint density at radius 1 is 1.14 bits per heavy atom. The van der Waals surface area contributed by atoms with E-state index >= 15 is 0 Å². The number of benzene rings is 1. The van der Waals surface area contributed by atoms with Gasteiger partial charge in [-0.3, -0.25) is 9.59 Å². The van der Waals surface area contributed by atoms with Gasteiger partial charge in [0.15, 0.2) is 0 Å². The topological polar surface area (TPSA) is 67.9 Å². The molecular weight excluding hydrogens is 284 g/mol. The second kappa shape index (κ2) is 7.15. The number of hydrogen-bond acceptors (Lipinski definition) is 4. The van der Waals surface area contributed by atoms with E-state index < -0.39 is 0 Å². The van der Waals surface area contributed by atoms with Crippen LogP contribution in [-0.2, 0) is 4.79 Å². The van der Waals surface area contributed by atoms with Crippen molar-refractivity contribution in [3.63, 3.8) is 0 Å². The Bertz CT molecular complexity index is 529. The molecule has 120 valence electrons. The van der Waals surface area contributed by atoms with Gasteiger partial charge in [-0.25, -0.2) is 0 Å². The van der Waals surface area contributed by atoms with E-state index in [1.807, 2.05) is 0 Å². The predicted molar refractivity (Wildman–Crippen MR) is 82.3 cm³/mol. The third-order valence-electron chi connectivity index (χ3n) is 3.83. The van der Waals surface area contributed by atoms with Crippen LogP contribution in [0.25, 0.3) is 0 Å². The van der Waals surface area contributed by atoms with Crippen molar-refractivity contribution in [1.82, 2.24) is 10.2 Å². The molecule has 6 heteroatoms. The van der Waals surface area contributed by atoms with E-state index in [4.69, 9.17) is 9.47 Å². The van der Waals surface area contributed by atoms with Gasteiger partial charge in [0.2, 0.25) is 5.91 Å². The number of nitrogens with one attached hydrogen (secondary N) is 1. The first kappa shape index (κ1) is 16.1. The molecule has 0 spiro atoms. The standard InChI is InChI=1S/C16H22N2O4/c1-11(19)17-12-7-9-18(10-8-12)16(20)15-13(21-2)5-4-6-14(15)22-3/h4-6,12H,7-10H2,1-3H3,(H,17,19). The highest BCUT2D eigenvalue weighted by molar-refractivity contribution is 5.99. The van der Waals surface area contributed by atoms with Gasteiger partial charge in [0, 0.05) is 26.1 Å². The third kappa shape index (κ3) is 3.50. The van der Waals surface area contributed by atoms with Gasteiger partial charge < -0.3 is 19.7 Å². The summed E-state index contributed by atoms with van der Waals surface area (Å²) in [6.45, 7) is 2.72. The van der Waals surface area contributed by atoms with E-state index in [1.54, 1.807) is 23.1 Å². The first-order valence-corrected chi connectivity index (χ1v) is 7.34. The summed E-state index contributed by atoms with van der Waals surface area (Å²) in [7, 11) is 3.07. The van der Waals surface area contributed by atoms with Crippen LogP contribution in [0.1, 0.15) is 30.1 Å². The Balaban J connectivity index is 2.12. The third-order valence-corrected chi connectivity index (χ3v) is 3.83. The molecule has 0 aromatic heterocycles. The molecule has 1 saturated heterocycles. The molecule has 1 fully saturated rings. The summed E-state index contributed by atoms with van der Waals surface area (Å²) in [4.78, 5) is 25.6. The van der Waals surface area contributed by atoms with E-state index in [1.165, 1.54) is 21.1 Å². The predicted octanol–water partition coefficient (Wildman–Crippen LogP) is 1.44. The fraction of sp³-hybridized carbons (Fsp3) is 0.500. The lowest BCUT2D eigenvalue weighted by Gasteiger charge is -2.32. The van der Waals surface area contributed by atoms with Crippen LogP contribution in [0.5, 0.6) is 11.5 Å². The molecule has 1 heterocycles. The summed E-state index contributed by atoms with van der Waals surface area (Å²) >= 11 is 0. The van der Waals surface area contributed by atoms with Crippen molar-refractivity contribution in [3.8, 4) is 11.5 Å². The summed E-state index contributed by atoms with van der Waals surface area (Å²) in [5, 5.41) is 2.90. The smallest absolute Gasteiger partial charge is 0.261 e. The van der Waals surface area contributed by atoms with E-state index in [9.17, 15) is 9.59 Å². The quantitative estimate of drug-likeness (QED) is 0.914. The molecule has 1 N–H and O–H groups in total. The second-order valence-electron chi connectivity index (χ2n) is 5.30. The molecule has 2 amide bonds. The number of methoxy groups -OCH3 is 2. The van der Waals surface area contributed by atoms with Gasteiger partial charge in [-0.05, 0) is 25.0 Å². The summed E-state index contributed by atoms with van der Waals surface area (Å²) in [5.41, 5.74) is 0.450. The number of piperidine rings is 1. The van der Waals surface area contributed by atoms with Crippen molar-refractivity contribution in [2.75, 3.05) is 27.3 Å². The minimum absolute atomic E-state index is 0.0313. The van der Waals surface area contributed by atoms with Crippen LogP contribution in [0, 0.1) is 0 Å². The normalized spacial score (nSPS) is 15.3. The molecule has 1 aromatic rings. The molecule has 1 aliphatic heterocycles. The molecule has 22 heavy (non-hydrogen) atoms. The highest BCUT2D eigenvalue weighted by atomic mass is 16.5. The molecule has 1 aliphatic rings. The Hall–Kier alpha value is -2.24. The number of nitrogens with zero attached hydrogens (tertiary/aromatic N) is 1. The van der Waals surface area contributed by atoms with Gasteiger partial charge in [0.05, 0.1) is 14.2 Å². The Morgan fingerprint density at radius 2 is 1.68 bits per heavy atom. The number of carbonyl (C=O) groups is 2. The number of rotatable bonds is 4. The van der Waals surface area contributed by atoms with Gasteiger partial charge in [-0.2, -0.15) is 0 Å². The monoisotopic (exact) mass is 306 g/mol. The number of likely N-dealkylation sites (tertiary alicyclic amines) is 1. The molecule has 1 aromatic carbocycles. The van der Waals surface area contributed by atoms with Gasteiger partial charge >= 0.3 is 0 Å². The zero-order valence-electron chi connectivity index (χ0n) is 13.2. The van der Waals surface area contributed by atoms with E-state index in [0.29, 0.717) is 30.2 Å². The average Bonchev–Trinajstić information content (AvgIpc) is 2.53. The molecule has 0 atom stereocenters. The Morgan fingerprint density at radius 3 is 2.14 bits per heavy atom. The van der Waals surface area contributed by atoms with Crippen molar-refractivity contribution in [3.05, 3.63) is 23.8 Å². The fourth-order valence-corrected chi connectivity index (χ4v) is 2.73. The maximum atomic E-state index is 12.8. The minimum atomic E-state index is -0.101. The zero-order valence-corrected chi connectivity index (χ0v) is 13.2. The maximum absolute atomic E-state index is 12.8. The number of amides is 2. The van der Waals surface area contributed by atoms with E-state index in [0.717, 1.165) is 12.8 Å². The van der Waals surface area contributed by atoms with Crippen LogP contribution in [0.4, 0.5) is 0 Å². The Labute approximate surface area is 130 Å². The van der Waals surface area contributed by atoms with Gasteiger partial charge in [-0.15, -0.1) is 0 Å². The van der Waals surface area contributed by atoms with Crippen LogP contribution in [0.3, 0.4) is 0 Å². The minimum Gasteiger partial charge on any atom is -0.496 e. The molecule has 0 bridgehead atoms. The Kier molecular flexibility index (Phi) is 5.25. The summed E-state index contributed by atoms with van der Waals surface area (Å²) in [6, 6.07) is 5.43. The van der Waals surface area contributed by atoms with Crippen LogP contribution in [0.15, 0.2) is 18.2 Å². The first-order valence-electron chi connectivity index (χ1n) is 7.34. The van der Waals surface area contributed by atoms with Crippen LogP contribution >= 0.6 is 0 Å². The maximum Gasteiger partial charge on any atom is 0.261 e. The highest BCUT2D eigenvalue weighted by Crippen LogP contribution is 2.30. The van der Waals surface area contributed by atoms with Gasteiger partial charge in [-0.1, -0.05) is 6.07 Å². The average molecular weight is 306 g/mol. The lowest BCUT2D eigenvalue weighted by Crippen LogP contribution is -2.46. The molecule has 2 rings (SSSR count). The van der Waals surface area contributed by atoms with Crippen LogP contribution in [-0.4, -0.2) is 50.1 Å². The fourth-order valence-electron chi connectivity index (χ4n) is 2.73. The SMILES string of the molecule is COc1cccc(OC)c1C(=O)N1CCC(NC(C)=O)CC1. The number of ether oxygens (including phenoxy) is 2. The second-order valence-corrected chi connectivity index (χ2v) is 5.30. The molecule has 0 aliphatic carbocycles. The molecule has 0 unspecified atom stereocenters. The lowest BCUT2D eigenvalue weighted by atomic mass is 10.0. The van der Waals surface area contributed by atoms with Crippen LogP contribution in [0.2, 0.25) is 0 Å². The molecule has 0 saturated carbocycles. The molecular formula is C16H22N2O4. The van der Waals surface area contributed by atoms with Crippen molar-refractivity contribution >= 4 is 11.8 Å². The van der Waals surface area contributed by atoms with Crippen molar-refractivity contribution in [2.24, 2.45) is 0 Å². The largest absolute Gasteiger partial charge is 0.496 e. The van der Waals surface area contributed by atoms with Crippen molar-refractivity contribution < 1.29 is 19.1 Å². The molecule has 0 radical (unpaired) electrons. The zero-order chi connectivity index (χ0) is 16.1. The van der Waals surface area contributed by atoms with Crippen molar-refractivity contribution in [2.45, 2.75) is 25.8 Å². The summed E-state index contributed by atoms with van der Waals surface area (Å²) in [6.07, 6.45) is 1.51. The molecule has 6 nitrogen and oxygen atoms in total. The summed E-state index contributed by atoms with van der Waals surface area (Å²) < 4.78 is 10.6. The van der Waals surface area contributed by atoms with Gasteiger partial charge in [0.1, 0.15) is 17.1 Å². The summed E-state index contributed by atoms with van der Waals surface area (Å²) in [5.74, 6) is 0.883. The van der Waals surface area contributed by atoms with E-state index in [-0.39, 0.29) is 17.9 Å². The number of carbonyl (C=O) groups excluding carboxylic acids is 2. The number of hydrogen-bond donors (Lipinski definition) is 1. The van der Waals surface area contributed by atoms with Gasteiger partial charge in [0.25, 0.3) is 5.91 Å². The van der Waals surface area contributed by atoms with Crippen molar-refractivity contribution in [1.29, 1.82) is 0 Å². The highest BCUT2D eigenvalue weighted by Gasteiger charge is 2.28.